The summed E-state index contributed by atoms with van der Waals surface area (Å²) in [6, 6.07) is 15.3. The molecule has 1 heterocycles. The molecule has 0 bridgehead atoms. The Hall–Kier alpha value is -2.82. The van der Waals surface area contributed by atoms with Crippen LogP contribution < -0.4 is 9.64 Å². The van der Waals surface area contributed by atoms with Gasteiger partial charge in [0.15, 0.2) is 0 Å². The predicted molar refractivity (Wildman–Crippen MR) is 124 cm³/mol. The van der Waals surface area contributed by atoms with Crippen LogP contribution in [0.4, 0.5) is 5.69 Å². The number of hydrogen-bond donors (Lipinski definition) is 0. The molecule has 1 saturated heterocycles. The largest absolute Gasteiger partial charge is 0.496 e. The lowest BCUT2D eigenvalue weighted by Gasteiger charge is -2.42. The molecule has 2 aromatic carbocycles. The Bertz CT molecular complexity index is 894. The van der Waals surface area contributed by atoms with E-state index in [0.29, 0.717) is 25.1 Å². The normalized spacial score (nSPS) is 18.7. The van der Waals surface area contributed by atoms with Crippen LogP contribution in [0.2, 0.25) is 0 Å². The van der Waals surface area contributed by atoms with Crippen molar-refractivity contribution in [3.05, 3.63) is 59.7 Å². The van der Waals surface area contributed by atoms with Crippen LogP contribution in [0.5, 0.6) is 5.75 Å². The highest BCUT2D eigenvalue weighted by atomic mass is 16.5. The summed E-state index contributed by atoms with van der Waals surface area (Å²) in [4.78, 5) is 30.7. The number of amides is 2. The molecular formula is C26H34N2O3. The summed E-state index contributed by atoms with van der Waals surface area (Å²) in [6.45, 7) is 7.61. The van der Waals surface area contributed by atoms with Crippen LogP contribution in [0, 0.1) is 12.8 Å². The van der Waals surface area contributed by atoms with Crippen molar-refractivity contribution >= 4 is 17.5 Å². The van der Waals surface area contributed by atoms with Crippen molar-refractivity contribution in [2.24, 2.45) is 5.92 Å². The molecule has 0 radical (unpaired) electrons. The zero-order valence-corrected chi connectivity index (χ0v) is 19.1. The van der Waals surface area contributed by atoms with Gasteiger partial charge in [0.1, 0.15) is 5.75 Å². The number of hydrogen-bond acceptors (Lipinski definition) is 3. The van der Waals surface area contributed by atoms with E-state index >= 15 is 0 Å². The zero-order chi connectivity index (χ0) is 22.4. The number of rotatable bonds is 8. The van der Waals surface area contributed by atoms with Crippen LogP contribution in [-0.2, 0) is 9.59 Å². The lowest BCUT2D eigenvalue weighted by molar-refractivity contribution is -0.138. The van der Waals surface area contributed by atoms with Crippen molar-refractivity contribution in [2.75, 3.05) is 25.1 Å². The van der Waals surface area contributed by atoms with E-state index in [9.17, 15) is 9.59 Å². The number of piperidine rings is 1. The summed E-state index contributed by atoms with van der Waals surface area (Å²) < 4.78 is 5.65. The van der Waals surface area contributed by atoms with Crippen molar-refractivity contribution in [3.8, 4) is 5.75 Å². The fraction of sp³-hybridized carbons (Fsp3) is 0.462. The molecule has 2 aromatic rings. The van der Waals surface area contributed by atoms with Gasteiger partial charge in [-0.2, -0.15) is 0 Å². The summed E-state index contributed by atoms with van der Waals surface area (Å²) in [5.74, 6) is 0.553. The molecule has 1 aliphatic rings. The summed E-state index contributed by atoms with van der Waals surface area (Å²) >= 11 is 0. The highest BCUT2D eigenvalue weighted by Crippen LogP contribution is 2.43. The Kier molecular flexibility index (Phi) is 7.72. The lowest BCUT2D eigenvalue weighted by atomic mass is 9.82. The van der Waals surface area contributed by atoms with E-state index in [4.69, 9.17) is 4.74 Å². The van der Waals surface area contributed by atoms with Gasteiger partial charge in [-0.05, 0) is 44.9 Å². The van der Waals surface area contributed by atoms with E-state index in [1.54, 1.807) is 7.11 Å². The predicted octanol–water partition coefficient (Wildman–Crippen LogP) is 5.14. The van der Waals surface area contributed by atoms with Crippen LogP contribution in [0.3, 0.4) is 0 Å². The fourth-order valence-electron chi connectivity index (χ4n) is 4.44. The second-order valence-electron chi connectivity index (χ2n) is 8.20. The van der Waals surface area contributed by atoms with Gasteiger partial charge < -0.3 is 14.5 Å². The minimum atomic E-state index is -0.400. The third-order valence-corrected chi connectivity index (χ3v) is 6.16. The van der Waals surface area contributed by atoms with Gasteiger partial charge in [0, 0.05) is 30.8 Å². The monoisotopic (exact) mass is 422 g/mol. The first-order valence-corrected chi connectivity index (χ1v) is 11.3. The molecule has 0 N–H and O–H groups in total. The molecule has 31 heavy (non-hydrogen) atoms. The Balaban J connectivity index is 2.09. The van der Waals surface area contributed by atoms with E-state index in [-0.39, 0.29) is 17.7 Å². The molecule has 5 heteroatoms. The molecule has 0 aromatic heterocycles. The lowest BCUT2D eigenvalue weighted by Crippen LogP contribution is -2.49. The number of para-hydroxylation sites is 1. The molecular weight excluding hydrogens is 388 g/mol. The summed E-state index contributed by atoms with van der Waals surface area (Å²) in [6.07, 6.45) is 2.93. The van der Waals surface area contributed by atoms with Gasteiger partial charge in [0.2, 0.25) is 11.8 Å². The molecule has 0 aliphatic carbocycles. The Morgan fingerprint density at radius 3 is 2.48 bits per heavy atom. The topological polar surface area (TPSA) is 49.9 Å². The maximum Gasteiger partial charge on any atom is 0.228 e. The van der Waals surface area contributed by atoms with Gasteiger partial charge in [-0.15, -0.1) is 0 Å². The van der Waals surface area contributed by atoms with E-state index in [2.05, 4.69) is 6.92 Å². The highest BCUT2D eigenvalue weighted by molar-refractivity contribution is 5.97. The number of ether oxygens (including phenoxy) is 1. The van der Waals surface area contributed by atoms with Gasteiger partial charge >= 0.3 is 0 Å². The van der Waals surface area contributed by atoms with Crippen LogP contribution in [0.25, 0.3) is 0 Å². The maximum atomic E-state index is 13.7. The number of carbonyl (C=O) groups is 2. The third-order valence-electron chi connectivity index (χ3n) is 6.16. The number of benzene rings is 2. The Labute approximate surface area is 186 Å². The van der Waals surface area contributed by atoms with E-state index in [0.717, 1.165) is 36.2 Å². The van der Waals surface area contributed by atoms with Gasteiger partial charge in [-0.3, -0.25) is 9.59 Å². The van der Waals surface area contributed by atoms with E-state index in [1.807, 2.05) is 72.2 Å². The second kappa shape index (κ2) is 10.5. The smallest absolute Gasteiger partial charge is 0.228 e. The zero-order valence-electron chi connectivity index (χ0n) is 19.1. The van der Waals surface area contributed by atoms with Crippen molar-refractivity contribution < 1.29 is 14.3 Å². The van der Waals surface area contributed by atoms with Crippen molar-refractivity contribution in [2.45, 2.75) is 52.5 Å². The molecule has 166 valence electrons. The molecule has 2 unspecified atom stereocenters. The van der Waals surface area contributed by atoms with E-state index < -0.39 is 6.04 Å². The molecule has 0 spiro atoms. The standard InChI is InChI=1S/C26H34N2O3/c1-5-7-18-27(6-2)26(30)22-16-17-24(29)28(20-14-12-19(3)13-15-20)25(22)21-10-8-9-11-23(21)31-4/h8-15,22,25H,5-7,16-18H2,1-4H3. The third kappa shape index (κ3) is 4.92. The minimum absolute atomic E-state index is 0.0421. The number of nitrogens with zero attached hydrogens (tertiary/aromatic N) is 2. The van der Waals surface area contributed by atoms with Crippen molar-refractivity contribution in [1.82, 2.24) is 4.90 Å². The molecule has 5 nitrogen and oxygen atoms in total. The first kappa shape index (κ1) is 22.9. The van der Waals surface area contributed by atoms with Crippen LogP contribution in [0.15, 0.2) is 48.5 Å². The Morgan fingerprint density at radius 2 is 1.84 bits per heavy atom. The molecule has 1 fully saturated rings. The van der Waals surface area contributed by atoms with Crippen LogP contribution in [-0.4, -0.2) is 36.9 Å². The average Bonchev–Trinajstić information content (AvgIpc) is 2.80. The SMILES string of the molecule is CCCCN(CC)C(=O)C1CCC(=O)N(c2ccc(C)cc2)C1c1ccccc1OC. The summed E-state index contributed by atoms with van der Waals surface area (Å²) in [5.41, 5.74) is 2.83. The molecule has 3 rings (SSSR count). The van der Waals surface area contributed by atoms with Gasteiger partial charge in [-0.25, -0.2) is 0 Å². The molecule has 2 atom stereocenters. The Morgan fingerprint density at radius 1 is 1.13 bits per heavy atom. The quantitative estimate of drug-likeness (QED) is 0.592. The number of unbranched alkanes of at least 4 members (excludes halogenated alkanes) is 1. The van der Waals surface area contributed by atoms with Gasteiger partial charge in [-0.1, -0.05) is 49.2 Å². The minimum Gasteiger partial charge on any atom is -0.496 e. The van der Waals surface area contributed by atoms with Crippen molar-refractivity contribution in [1.29, 1.82) is 0 Å². The highest BCUT2D eigenvalue weighted by Gasteiger charge is 2.43. The van der Waals surface area contributed by atoms with Gasteiger partial charge in [0.25, 0.3) is 0 Å². The van der Waals surface area contributed by atoms with E-state index in [1.165, 1.54) is 0 Å². The first-order chi connectivity index (χ1) is 15.0. The summed E-state index contributed by atoms with van der Waals surface area (Å²) in [5, 5.41) is 0. The number of anilines is 1. The second-order valence-corrected chi connectivity index (χ2v) is 8.20. The average molecular weight is 423 g/mol. The number of aryl methyl sites for hydroxylation is 1. The van der Waals surface area contributed by atoms with Gasteiger partial charge in [0.05, 0.1) is 19.1 Å². The first-order valence-electron chi connectivity index (χ1n) is 11.3. The number of methoxy groups -OCH3 is 1. The van der Waals surface area contributed by atoms with Crippen LogP contribution in [0.1, 0.15) is 56.7 Å². The fourth-order valence-corrected chi connectivity index (χ4v) is 4.44. The number of carbonyl (C=O) groups excluding carboxylic acids is 2. The molecule has 0 saturated carbocycles. The maximum absolute atomic E-state index is 13.7. The molecule has 2 amide bonds. The summed E-state index contributed by atoms with van der Waals surface area (Å²) in [7, 11) is 1.64. The molecule has 1 aliphatic heterocycles. The van der Waals surface area contributed by atoms with Crippen LogP contribution >= 0.6 is 0 Å². The van der Waals surface area contributed by atoms with Crippen molar-refractivity contribution in [3.63, 3.8) is 0 Å².